The van der Waals surface area contributed by atoms with Crippen molar-refractivity contribution < 1.29 is 19.4 Å². The van der Waals surface area contributed by atoms with E-state index in [2.05, 4.69) is 12.2 Å². The number of carbonyl (C=O) groups excluding carboxylic acids is 1. The van der Waals surface area contributed by atoms with Gasteiger partial charge in [-0.15, -0.1) is 0 Å². The molecule has 0 bridgehead atoms. The number of aliphatic carboxylic acids is 1. The van der Waals surface area contributed by atoms with Crippen LogP contribution in [0.5, 0.6) is 0 Å². The third kappa shape index (κ3) is 5.40. The molecule has 0 aromatic heterocycles. The maximum absolute atomic E-state index is 11.7. The number of hydrogen-bond acceptors (Lipinski definition) is 4. The molecule has 6 heteroatoms. The number of amides is 1. The zero-order valence-electron chi connectivity index (χ0n) is 11.4. The molecule has 0 spiro atoms. The van der Waals surface area contributed by atoms with E-state index in [4.69, 9.17) is 4.74 Å². The van der Waals surface area contributed by atoms with Crippen molar-refractivity contribution in [1.82, 2.24) is 5.32 Å². The van der Waals surface area contributed by atoms with Crippen LogP contribution in [0.15, 0.2) is 0 Å². The van der Waals surface area contributed by atoms with Gasteiger partial charge >= 0.3 is 5.97 Å². The van der Waals surface area contributed by atoms with Crippen molar-refractivity contribution in [1.29, 1.82) is 0 Å². The van der Waals surface area contributed by atoms with Crippen LogP contribution in [0.1, 0.15) is 39.0 Å². The maximum Gasteiger partial charge on any atom is 0.329 e. The molecule has 0 radical (unpaired) electrons. The molecule has 1 saturated heterocycles. The molecule has 0 aliphatic carbocycles. The van der Waals surface area contributed by atoms with Crippen LogP contribution < -0.4 is 5.32 Å². The molecule has 110 valence electrons. The van der Waals surface area contributed by atoms with Crippen LogP contribution in [0.2, 0.25) is 0 Å². The Hall–Kier alpha value is -0.750. The lowest BCUT2D eigenvalue weighted by Crippen LogP contribution is -2.57. The number of rotatable bonds is 8. The molecule has 0 saturated carbocycles. The van der Waals surface area contributed by atoms with Gasteiger partial charge in [0, 0.05) is 6.61 Å². The predicted octanol–water partition coefficient (Wildman–Crippen LogP) is 1.66. The average molecular weight is 289 g/mol. The Balaban J connectivity index is 2.33. The molecule has 0 atom stereocenters. The highest BCUT2D eigenvalue weighted by Gasteiger charge is 2.41. The van der Waals surface area contributed by atoms with Crippen LogP contribution >= 0.6 is 11.8 Å². The first kappa shape index (κ1) is 16.3. The Morgan fingerprint density at radius 3 is 2.58 bits per heavy atom. The van der Waals surface area contributed by atoms with Crippen molar-refractivity contribution in [3.8, 4) is 0 Å². The average Bonchev–Trinajstić information content (AvgIpc) is 2.39. The number of ether oxygens (including phenoxy) is 1. The van der Waals surface area contributed by atoms with Gasteiger partial charge in [0.2, 0.25) is 5.91 Å². The lowest BCUT2D eigenvalue weighted by atomic mass is 9.92. The summed E-state index contributed by atoms with van der Waals surface area (Å²) in [5.41, 5.74) is -1.09. The molecule has 1 rings (SSSR count). The van der Waals surface area contributed by atoms with E-state index in [0.717, 1.165) is 30.8 Å². The second-order valence-corrected chi connectivity index (χ2v) is 6.03. The molecular weight excluding hydrogens is 266 g/mol. The van der Waals surface area contributed by atoms with Gasteiger partial charge in [-0.3, -0.25) is 4.79 Å². The van der Waals surface area contributed by atoms with E-state index < -0.39 is 11.5 Å². The Labute approximate surface area is 118 Å². The third-order valence-electron chi connectivity index (χ3n) is 3.26. The van der Waals surface area contributed by atoms with Gasteiger partial charge in [-0.05, 0) is 30.8 Å². The Morgan fingerprint density at radius 2 is 2.00 bits per heavy atom. The summed E-state index contributed by atoms with van der Waals surface area (Å²) >= 11 is 1.72. The molecule has 2 N–H and O–H groups in total. The standard InChI is InChI=1S/C13H23NO4S/c1-2-3-4-7-18-10-11(15)14-13(12(16)17)5-8-19-9-6-13/h2-10H2,1H3,(H,14,15)(H,16,17). The van der Waals surface area contributed by atoms with Crippen molar-refractivity contribution in [2.45, 2.75) is 44.6 Å². The van der Waals surface area contributed by atoms with Gasteiger partial charge in [-0.1, -0.05) is 19.8 Å². The second kappa shape index (κ2) is 8.43. The Bertz CT molecular complexity index is 303. The second-order valence-electron chi connectivity index (χ2n) is 4.81. The van der Waals surface area contributed by atoms with Crippen LogP contribution in [0.3, 0.4) is 0 Å². The molecule has 1 heterocycles. The van der Waals surface area contributed by atoms with E-state index in [-0.39, 0.29) is 12.5 Å². The molecule has 0 aromatic carbocycles. The highest BCUT2D eigenvalue weighted by atomic mass is 32.2. The predicted molar refractivity (Wildman–Crippen MR) is 75.4 cm³/mol. The number of nitrogens with one attached hydrogen (secondary N) is 1. The van der Waals surface area contributed by atoms with E-state index in [9.17, 15) is 14.7 Å². The number of hydrogen-bond donors (Lipinski definition) is 2. The Morgan fingerprint density at radius 1 is 1.32 bits per heavy atom. The van der Waals surface area contributed by atoms with Crippen molar-refractivity contribution >= 4 is 23.6 Å². The highest BCUT2D eigenvalue weighted by molar-refractivity contribution is 7.99. The summed E-state index contributed by atoms with van der Waals surface area (Å²) in [6.45, 7) is 2.60. The first-order valence-corrected chi connectivity index (χ1v) is 7.96. The zero-order valence-corrected chi connectivity index (χ0v) is 12.3. The van der Waals surface area contributed by atoms with Crippen LogP contribution in [0.4, 0.5) is 0 Å². The highest BCUT2D eigenvalue weighted by Crippen LogP contribution is 2.27. The minimum absolute atomic E-state index is 0.0497. The van der Waals surface area contributed by atoms with Gasteiger partial charge in [0.1, 0.15) is 12.1 Å². The summed E-state index contributed by atoms with van der Waals surface area (Å²) in [6.07, 6.45) is 4.08. The van der Waals surface area contributed by atoms with E-state index in [1.165, 1.54) is 0 Å². The minimum atomic E-state index is -1.09. The van der Waals surface area contributed by atoms with Crippen molar-refractivity contribution in [2.75, 3.05) is 24.7 Å². The molecule has 1 aliphatic heterocycles. The van der Waals surface area contributed by atoms with Gasteiger partial charge in [0.05, 0.1) is 0 Å². The number of carbonyl (C=O) groups is 2. The van der Waals surface area contributed by atoms with Crippen LogP contribution in [-0.2, 0) is 14.3 Å². The molecular formula is C13H23NO4S. The summed E-state index contributed by atoms with van der Waals surface area (Å²) < 4.78 is 5.25. The van der Waals surface area contributed by atoms with Gasteiger partial charge in [0.25, 0.3) is 0 Å². The number of thioether (sulfide) groups is 1. The molecule has 5 nitrogen and oxygen atoms in total. The smallest absolute Gasteiger partial charge is 0.329 e. The monoisotopic (exact) mass is 289 g/mol. The zero-order chi connectivity index (χ0) is 14.1. The number of unbranched alkanes of at least 4 members (excludes halogenated alkanes) is 2. The summed E-state index contributed by atoms with van der Waals surface area (Å²) in [5.74, 6) is 0.270. The molecule has 0 unspecified atom stereocenters. The van der Waals surface area contributed by atoms with Gasteiger partial charge in [-0.25, -0.2) is 4.79 Å². The fourth-order valence-electron chi connectivity index (χ4n) is 2.03. The topological polar surface area (TPSA) is 75.6 Å². The SMILES string of the molecule is CCCCCOCC(=O)NC1(C(=O)O)CCSCC1. The van der Waals surface area contributed by atoms with Crippen LogP contribution in [-0.4, -0.2) is 47.2 Å². The third-order valence-corrected chi connectivity index (χ3v) is 4.25. The van der Waals surface area contributed by atoms with Gasteiger partial charge in [-0.2, -0.15) is 11.8 Å². The number of carboxylic acid groups (broad SMARTS) is 1. The molecule has 1 aliphatic rings. The van der Waals surface area contributed by atoms with E-state index in [1.807, 2.05) is 0 Å². The maximum atomic E-state index is 11.7. The largest absolute Gasteiger partial charge is 0.480 e. The van der Waals surface area contributed by atoms with E-state index in [0.29, 0.717) is 19.4 Å². The van der Waals surface area contributed by atoms with E-state index in [1.54, 1.807) is 11.8 Å². The van der Waals surface area contributed by atoms with Crippen LogP contribution in [0.25, 0.3) is 0 Å². The lowest BCUT2D eigenvalue weighted by molar-refractivity contribution is -0.148. The van der Waals surface area contributed by atoms with Crippen LogP contribution in [0, 0.1) is 0 Å². The fourth-order valence-corrected chi connectivity index (χ4v) is 3.22. The summed E-state index contributed by atoms with van der Waals surface area (Å²) in [7, 11) is 0. The van der Waals surface area contributed by atoms with Gasteiger partial charge < -0.3 is 15.2 Å². The molecule has 0 aromatic rings. The summed E-state index contributed by atoms with van der Waals surface area (Å²) in [4.78, 5) is 23.1. The van der Waals surface area contributed by atoms with Crippen molar-refractivity contribution in [2.24, 2.45) is 0 Å². The first-order valence-electron chi connectivity index (χ1n) is 6.80. The Kier molecular flexibility index (Phi) is 7.23. The van der Waals surface area contributed by atoms with Gasteiger partial charge in [0.15, 0.2) is 0 Å². The lowest BCUT2D eigenvalue weighted by Gasteiger charge is -2.33. The quantitative estimate of drug-likeness (QED) is 0.665. The molecule has 1 amide bonds. The molecule has 19 heavy (non-hydrogen) atoms. The fraction of sp³-hybridized carbons (Fsp3) is 0.846. The first-order chi connectivity index (χ1) is 9.10. The van der Waals surface area contributed by atoms with Crippen molar-refractivity contribution in [3.05, 3.63) is 0 Å². The summed E-state index contributed by atoms with van der Waals surface area (Å²) in [5, 5.41) is 12.0. The summed E-state index contributed by atoms with van der Waals surface area (Å²) in [6, 6.07) is 0. The normalized spacial score (nSPS) is 17.9. The minimum Gasteiger partial charge on any atom is -0.480 e. The van der Waals surface area contributed by atoms with E-state index >= 15 is 0 Å². The van der Waals surface area contributed by atoms with Crippen molar-refractivity contribution in [3.63, 3.8) is 0 Å². The number of carboxylic acids is 1. The molecule has 1 fully saturated rings.